The third kappa shape index (κ3) is 1.93. The SMILES string of the molecule is O=C([O-])C1=CS[C@@H]2/C(=C/c3cn4c(n3)CSCC4)C(=O)N12. The molecule has 0 unspecified atom stereocenters. The minimum Gasteiger partial charge on any atom is -0.543 e. The maximum Gasteiger partial charge on any atom is 0.258 e. The standard InChI is InChI=1S/C13H11N3O3S2/c17-11-8(12-16(11)9(5-21-12)13(18)19)3-7-4-15-1-2-20-6-10(15)14-7/h3-5,12H,1-2,6H2,(H,18,19)/p-1/b8-3+/t12-/m1/s1. The molecule has 0 aromatic carbocycles. The van der Waals surface area contributed by atoms with E-state index in [2.05, 4.69) is 9.55 Å². The van der Waals surface area contributed by atoms with Crippen molar-refractivity contribution in [2.45, 2.75) is 17.7 Å². The number of aromatic nitrogens is 2. The zero-order valence-corrected chi connectivity index (χ0v) is 12.4. The van der Waals surface area contributed by atoms with E-state index in [9.17, 15) is 14.7 Å². The van der Waals surface area contributed by atoms with Crippen LogP contribution in [-0.4, -0.2) is 37.5 Å². The molecule has 21 heavy (non-hydrogen) atoms. The molecule has 0 spiro atoms. The fourth-order valence-corrected chi connectivity index (χ4v) is 4.60. The minimum atomic E-state index is -1.31. The van der Waals surface area contributed by atoms with Gasteiger partial charge in [-0.05, 0) is 11.5 Å². The molecule has 8 heteroatoms. The zero-order valence-electron chi connectivity index (χ0n) is 10.8. The number of thioether (sulfide) groups is 2. The van der Waals surface area contributed by atoms with E-state index in [1.165, 1.54) is 22.1 Å². The molecule has 1 aromatic heterocycles. The number of rotatable bonds is 2. The number of carbonyl (C=O) groups is 2. The van der Waals surface area contributed by atoms with Gasteiger partial charge in [0, 0.05) is 18.5 Å². The minimum absolute atomic E-state index is 0.0484. The lowest BCUT2D eigenvalue weighted by molar-refractivity contribution is -0.301. The van der Waals surface area contributed by atoms with Crippen molar-refractivity contribution in [2.75, 3.05) is 5.75 Å². The van der Waals surface area contributed by atoms with Crippen LogP contribution in [-0.2, 0) is 21.9 Å². The number of β-lactam (4-membered cyclic amide) rings is 1. The first kappa shape index (κ1) is 13.0. The molecule has 1 saturated heterocycles. The summed E-state index contributed by atoms with van der Waals surface area (Å²) in [6.45, 7) is 0.935. The van der Waals surface area contributed by atoms with E-state index in [1.807, 2.05) is 18.0 Å². The molecule has 4 heterocycles. The lowest BCUT2D eigenvalue weighted by Gasteiger charge is -2.38. The largest absolute Gasteiger partial charge is 0.543 e. The Labute approximate surface area is 128 Å². The van der Waals surface area contributed by atoms with Gasteiger partial charge < -0.3 is 14.5 Å². The van der Waals surface area contributed by atoms with Crippen LogP contribution in [0, 0.1) is 0 Å². The second-order valence-electron chi connectivity index (χ2n) is 4.88. The van der Waals surface area contributed by atoms with Crippen LogP contribution in [0.4, 0.5) is 0 Å². The molecule has 0 aliphatic carbocycles. The van der Waals surface area contributed by atoms with E-state index in [0.717, 1.165) is 29.6 Å². The lowest BCUT2D eigenvalue weighted by atomic mass is 10.0. The number of hydrogen-bond donors (Lipinski definition) is 0. The van der Waals surface area contributed by atoms with Crippen LogP contribution >= 0.6 is 23.5 Å². The molecule has 0 radical (unpaired) electrons. The van der Waals surface area contributed by atoms with Gasteiger partial charge in [-0.15, -0.1) is 11.8 Å². The van der Waals surface area contributed by atoms with E-state index in [1.54, 1.807) is 6.08 Å². The Balaban J connectivity index is 1.60. The van der Waals surface area contributed by atoms with E-state index in [4.69, 9.17) is 0 Å². The molecule has 0 saturated carbocycles. The van der Waals surface area contributed by atoms with Crippen molar-refractivity contribution < 1.29 is 14.7 Å². The smallest absolute Gasteiger partial charge is 0.258 e. The van der Waals surface area contributed by atoms with E-state index in [-0.39, 0.29) is 17.0 Å². The van der Waals surface area contributed by atoms with Crippen LogP contribution in [0.25, 0.3) is 6.08 Å². The van der Waals surface area contributed by atoms with Crippen molar-refractivity contribution in [3.63, 3.8) is 0 Å². The van der Waals surface area contributed by atoms with Gasteiger partial charge in [0.1, 0.15) is 11.2 Å². The Morgan fingerprint density at radius 3 is 3.14 bits per heavy atom. The number of nitrogens with zero attached hydrogens (tertiary/aromatic N) is 3. The van der Waals surface area contributed by atoms with Crippen molar-refractivity contribution in [3.8, 4) is 0 Å². The highest BCUT2D eigenvalue weighted by Crippen LogP contribution is 2.44. The van der Waals surface area contributed by atoms with E-state index in [0.29, 0.717) is 5.57 Å². The van der Waals surface area contributed by atoms with Gasteiger partial charge in [-0.2, -0.15) is 11.8 Å². The van der Waals surface area contributed by atoms with Gasteiger partial charge in [0.05, 0.1) is 28.7 Å². The maximum atomic E-state index is 12.1. The molecule has 1 amide bonds. The zero-order chi connectivity index (χ0) is 14.6. The molecule has 6 nitrogen and oxygen atoms in total. The van der Waals surface area contributed by atoms with Gasteiger partial charge in [-0.1, -0.05) is 0 Å². The molecule has 3 aliphatic heterocycles. The lowest BCUT2D eigenvalue weighted by Crippen LogP contribution is -2.52. The molecule has 4 rings (SSSR count). The summed E-state index contributed by atoms with van der Waals surface area (Å²) >= 11 is 3.15. The van der Waals surface area contributed by atoms with Gasteiger partial charge in [0.25, 0.3) is 5.91 Å². The Morgan fingerprint density at radius 2 is 2.38 bits per heavy atom. The third-order valence-corrected chi connectivity index (χ3v) is 5.65. The van der Waals surface area contributed by atoms with Crippen molar-refractivity contribution in [2.24, 2.45) is 0 Å². The highest BCUT2D eigenvalue weighted by Gasteiger charge is 2.47. The van der Waals surface area contributed by atoms with E-state index < -0.39 is 5.97 Å². The fraction of sp³-hybridized carbons (Fsp3) is 0.308. The van der Waals surface area contributed by atoms with Gasteiger partial charge in [0.2, 0.25) is 0 Å². The first-order valence-corrected chi connectivity index (χ1v) is 8.51. The molecule has 1 aromatic rings. The quantitative estimate of drug-likeness (QED) is 0.565. The van der Waals surface area contributed by atoms with Crippen LogP contribution in [0.15, 0.2) is 22.9 Å². The summed E-state index contributed by atoms with van der Waals surface area (Å²) in [5.41, 5.74) is 1.31. The van der Waals surface area contributed by atoms with Gasteiger partial charge in [0.15, 0.2) is 0 Å². The number of fused-ring (bicyclic) bond motifs is 2. The number of aryl methyl sites for hydroxylation is 1. The van der Waals surface area contributed by atoms with Crippen molar-refractivity contribution in [1.29, 1.82) is 0 Å². The second kappa shape index (κ2) is 4.67. The third-order valence-electron chi connectivity index (χ3n) is 3.63. The number of carboxylic acid groups (broad SMARTS) is 1. The van der Waals surface area contributed by atoms with E-state index >= 15 is 0 Å². The number of imidazole rings is 1. The van der Waals surface area contributed by atoms with Crippen LogP contribution in [0.2, 0.25) is 0 Å². The summed E-state index contributed by atoms with van der Waals surface area (Å²) in [5.74, 6) is 1.39. The summed E-state index contributed by atoms with van der Waals surface area (Å²) in [6, 6.07) is 0. The molecule has 1 atom stereocenters. The molecule has 108 valence electrons. The van der Waals surface area contributed by atoms with Crippen molar-refractivity contribution in [1.82, 2.24) is 14.5 Å². The summed E-state index contributed by atoms with van der Waals surface area (Å²) in [5, 5.41) is 12.1. The summed E-state index contributed by atoms with van der Waals surface area (Å²) in [4.78, 5) is 28.8. The van der Waals surface area contributed by atoms with Gasteiger partial charge in [-0.3, -0.25) is 9.69 Å². The number of carbonyl (C=O) groups excluding carboxylic acids is 2. The summed E-state index contributed by atoms with van der Waals surface area (Å²) in [7, 11) is 0. The van der Waals surface area contributed by atoms with Crippen LogP contribution in [0.3, 0.4) is 0 Å². The van der Waals surface area contributed by atoms with Crippen molar-refractivity contribution in [3.05, 3.63) is 34.4 Å². The maximum absolute atomic E-state index is 12.1. The first-order chi connectivity index (χ1) is 10.1. The Hall–Kier alpha value is -1.67. The Kier molecular flexibility index (Phi) is 2.90. The predicted octanol–water partition coefficient (Wildman–Crippen LogP) is 0.0197. The van der Waals surface area contributed by atoms with Crippen LogP contribution in [0.1, 0.15) is 11.5 Å². The van der Waals surface area contributed by atoms with Crippen LogP contribution in [0.5, 0.6) is 0 Å². The average Bonchev–Trinajstić information content (AvgIpc) is 3.05. The second-order valence-corrected chi connectivity index (χ2v) is 6.94. The highest BCUT2D eigenvalue weighted by atomic mass is 32.2. The monoisotopic (exact) mass is 320 g/mol. The molecule has 3 aliphatic rings. The summed E-state index contributed by atoms with van der Waals surface area (Å²) in [6.07, 6.45) is 3.71. The molecule has 1 fully saturated rings. The van der Waals surface area contributed by atoms with Gasteiger partial charge in [-0.25, -0.2) is 4.98 Å². The molecular weight excluding hydrogens is 310 g/mol. The Bertz CT molecular complexity index is 699. The molecular formula is C13H10N3O3S2-. The molecule has 0 bridgehead atoms. The first-order valence-electron chi connectivity index (χ1n) is 6.41. The number of hydrogen-bond acceptors (Lipinski definition) is 6. The molecule has 0 N–H and O–H groups in total. The topological polar surface area (TPSA) is 78.3 Å². The normalized spacial score (nSPS) is 25.4. The predicted molar refractivity (Wildman–Crippen MR) is 77.7 cm³/mol. The number of amides is 1. The number of aliphatic carboxylic acids is 1. The van der Waals surface area contributed by atoms with Gasteiger partial charge >= 0.3 is 0 Å². The van der Waals surface area contributed by atoms with Crippen molar-refractivity contribution >= 4 is 41.5 Å². The highest BCUT2D eigenvalue weighted by molar-refractivity contribution is 8.03. The Morgan fingerprint density at radius 1 is 1.52 bits per heavy atom. The van der Waals surface area contributed by atoms with Crippen LogP contribution < -0.4 is 5.11 Å². The number of carboxylic acids is 1. The average molecular weight is 320 g/mol. The summed E-state index contributed by atoms with van der Waals surface area (Å²) < 4.78 is 2.11. The fourth-order valence-electron chi connectivity index (χ4n) is 2.60.